The van der Waals surface area contributed by atoms with Crippen molar-refractivity contribution in [3.05, 3.63) is 48.0 Å². The molecule has 1 spiro atoms. The summed E-state index contributed by atoms with van der Waals surface area (Å²) in [5.74, 6) is -0.593. The average molecular weight is 519 g/mol. The first-order chi connectivity index (χ1) is 17.1. The van der Waals surface area contributed by atoms with E-state index in [0.29, 0.717) is 29.8 Å². The Morgan fingerprint density at radius 3 is 2.89 bits per heavy atom. The highest BCUT2D eigenvalue weighted by atomic mass is 32.2. The highest BCUT2D eigenvalue weighted by Crippen LogP contribution is 2.51. The molecule has 10 nitrogen and oxygen atoms in total. The van der Waals surface area contributed by atoms with Crippen molar-refractivity contribution in [2.45, 2.75) is 31.9 Å². The molecule has 0 saturated carbocycles. The number of sulfonamides is 1. The standard InChI is InChI=1S/C24H27FN4O6S/c1-14(2)12-36(32,33)29-9-7-20-18(11-29)24(13-34-22(28-24)27-23(30)31)17-10-15(5-6-19(17)35-20)16-4-3-8-26-21(16)25/h3-6,8,10,14,18,20H,7,9,11-13H2,1-2H3,(H,27,28)(H,30,31)/t18-,20-,24?/m1/s1. The molecular weight excluding hydrogens is 491 g/mol. The Kier molecular flexibility index (Phi) is 6.11. The molecule has 0 radical (unpaired) electrons. The number of halogens is 1. The fourth-order valence-electron chi connectivity index (χ4n) is 5.29. The summed E-state index contributed by atoms with van der Waals surface area (Å²) in [6.45, 7) is 4.13. The molecule has 0 aliphatic carbocycles. The molecule has 2 N–H and O–H groups in total. The lowest BCUT2D eigenvalue weighted by Crippen LogP contribution is -2.58. The number of ether oxygens (including phenoxy) is 2. The van der Waals surface area contributed by atoms with Crippen molar-refractivity contribution < 1.29 is 32.2 Å². The van der Waals surface area contributed by atoms with Gasteiger partial charge in [-0.3, -0.25) is 0 Å². The van der Waals surface area contributed by atoms with Gasteiger partial charge in [-0.2, -0.15) is 4.39 Å². The fraction of sp³-hybridized carbons (Fsp3) is 0.458. The van der Waals surface area contributed by atoms with Gasteiger partial charge in [0.2, 0.25) is 16.0 Å². The van der Waals surface area contributed by atoms with E-state index in [-0.39, 0.29) is 42.5 Å². The molecular formula is C24H27FN4O6S. The Bertz CT molecular complexity index is 1330. The summed E-state index contributed by atoms with van der Waals surface area (Å²) in [6, 6.07) is 8.26. The van der Waals surface area contributed by atoms with E-state index in [4.69, 9.17) is 9.47 Å². The molecule has 36 heavy (non-hydrogen) atoms. The Hall–Kier alpha value is -3.25. The van der Waals surface area contributed by atoms with Crippen molar-refractivity contribution in [1.82, 2.24) is 14.6 Å². The van der Waals surface area contributed by atoms with E-state index >= 15 is 0 Å². The summed E-state index contributed by atoms with van der Waals surface area (Å²) in [7, 11) is -3.53. The van der Waals surface area contributed by atoms with Crippen molar-refractivity contribution in [2.24, 2.45) is 16.8 Å². The number of hydrogen-bond donors (Lipinski definition) is 2. The zero-order valence-electron chi connectivity index (χ0n) is 19.8. The van der Waals surface area contributed by atoms with Gasteiger partial charge in [-0.15, -0.1) is 0 Å². The molecule has 2 aromatic rings. The molecule has 192 valence electrons. The number of aromatic nitrogens is 1. The predicted octanol–water partition coefficient (Wildman–Crippen LogP) is 2.81. The second kappa shape index (κ2) is 9.00. The van der Waals surface area contributed by atoms with E-state index < -0.39 is 33.5 Å². The van der Waals surface area contributed by atoms with Crippen LogP contribution in [0.3, 0.4) is 0 Å². The van der Waals surface area contributed by atoms with Crippen molar-refractivity contribution in [2.75, 3.05) is 25.4 Å². The number of fused-ring (bicyclic) bond motifs is 4. The molecule has 0 bridgehead atoms. The molecule has 1 fully saturated rings. The first-order valence-electron chi connectivity index (χ1n) is 11.7. The first kappa shape index (κ1) is 24.4. The van der Waals surface area contributed by atoms with E-state index in [1.54, 1.807) is 30.3 Å². The minimum absolute atomic E-state index is 0.0167. The van der Waals surface area contributed by atoms with Crippen LogP contribution in [0.15, 0.2) is 41.5 Å². The number of nitrogens with one attached hydrogen (secondary N) is 1. The minimum Gasteiger partial charge on any atom is -0.490 e. The summed E-state index contributed by atoms with van der Waals surface area (Å²) >= 11 is 0. The van der Waals surface area contributed by atoms with E-state index in [1.165, 1.54) is 10.5 Å². The van der Waals surface area contributed by atoms with Crippen molar-refractivity contribution in [3.63, 3.8) is 0 Å². The maximum atomic E-state index is 14.5. The normalized spacial score (nSPS) is 25.5. The topological polar surface area (TPSA) is 130 Å². The average Bonchev–Trinajstić information content (AvgIpc) is 3.22. The number of nitrogens with zero attached hydrogens (tertiary/aromatic N) is 3. The number of piperidine rings is 1. The Morgan fingerprint density at radius 1 is 1.36 bits per heavy atom. The number of carbonyl (C=O) groups is 1. The summed E-state index contributed by atoms with van der Waals surface area (Å²) in [5, 5.41) is 11.4. The van der Waals surface area contributed by atoms with Crippen LogP contribution < -0.4 is 10.1 Å². The maximum absolute atomic E-state index is 14.5. The number of amidine groups is 1. The molecule has 5 rings (SSSR count). The van der Waals surface area contributed by atoms with Crippen LogP contribution in [0.1, 0.15) is 25.8 Å². The van der Waals surface area contributed by atoms with Gasteiger partial charge in [0.1, 0.15) is 24.0 Å². The zero-order chi connectivity index (χ0) is 25.7. The van der Waals surface area contributed by atoms with Crippen LogP contribution in [-0.2, 0) is 20.3 Å². The third-order valence-corrected chi connectivity index (χ3v) is 9.01. The van der Waals surface area contributed by atoms with Crippen LogP contribution in [0, 0.1) is 17.8 Å². The third-order valence-electron chi connectivity index (χ3n) is 6.80. The van der Waals surface area contributed by atoms with Crippen LogP contribution >= 0.6 is 0 Å². The van der Waals surface area contributed by atoms with Gasteiger partial charge >= 0.3 is 6.09 Å². The number of carboxylic acid groups (broad SMARTS) is 1. The highest BCUT2D eigenvalue weighted by molar-refractivity contribution is 7.89. The molecule has 3 aliphatic heterocycles. The number of amides is 1. The number of hydrogen-bond acceptors (Lipinski definition) is 7. The Morgan fingerprint density at radius 2 is 2.17 bits per heavy atom. The molecule has 1 saturated heterocycles. The second-order valence-corrected chi connectivity index (χ2v) is 11.7. The molecule has 3 aliphatic rings. The predicted molar refractivity (Wildman–Crippen MR) is 129 cm³/mol. The lowest BCUT2D eigenvalue weighted by molar-refractivity contribution is -0.00358. The fourth-order valence-corrected chi connectivity index (χ4v) is 7.11. The van der Waals surface area contributed by atoms with Gasteiger partial charge in [-0.05, 0) is 42.2 Å². The van der Waals surface area contributed by atoms with Crippen molar-refractivity contribution >= 4 is 22.1 Å². The summed E-state index contributed by atoms with van der Waals surface area (Å²) < 4.78 is 54.1. The van der Waals surface area contributed by atoms with Crippen LogP contribution in [0.2, 0.25) is 0 Å². The largest absolute Gasteiger partial charge is 0.490 e. The van der Waals surface area contributed by atoms with Crippen LogP contribution in [0.4, 0.5) is 9.18 Å². The zero-order valence-corrected chi connectivity index (χ0v) is 20.7. The lowest BCUT2D eigenvalue weighted by Gasteiger charge is -2.48. The number of aliphatic imine (C=N–C) groups is 1. The summed E-state index contributed by atoms with van der Waals surface area (Å²) in [5.41, 5.74) is 0.274. The highest BCUT2D eigenvalue weighted by Gasteiger charge is 2.56. The van der Waals surface area contributed by atoms with Gasteiger partial charge in [0.15, 0.2) is 0 Å². The third kappa shape index (κ3) is 4.28. The van der Waals surface area contributed by atoms with Crippen molar-refractivity contribution in [3.8, 4) is 16.9 Å². The van der Waals surface area contributed by atoms with E-state index in [1.807, 2.05) is 13.8 Å². The second-order valence-electron chi connectivity index (χ2n) is 9.69. The van der Waals surface area contributed by atoms with E-state index in [2.05, 4.69) is 15.3 Å². The summed E-state index contributed by atoms with van der Waals surface area (Å²) in [6.07, 6.45) is 0.116. The molecule has 1 unspecified atom stereocenters. The van der Waals surface area contributed by atoms with Gasteiger partial charge in [0.05, 0.1) is 5.75 Å². The molecule has 3 atom stereocenters. The van der Waals surface area contributed by atoms with E-state index in [9.17, 15) is 22.7 Å². The van der Waals surface area contributed by atoms with Gasteiger partial charge in [0.25, 0.3) is 6.02 Å². The first-order valence-corrected chi connectivity index (χ1v) is 13.3. The molecule has 1 aromatic carbocycles. The molecule has 12 heteroatoms. The minimum atomic E-state index is -3.53. The van der Waals surface area contributed by atoms with Gasteiger partial charge in [-0.25, -0.2) is 32.8 Å². The van der Waals surface area contributed by atoms with Crippen LogP contribution in [0.25, 0.3) is 11.1 Å². The molecule has 4 heterocycles. The van der Waals surface area contributed by atoms with Gasteiger partial charge in [-0.1, -0.05) is 19.9 Å². The molecule has 1 aromatic heterocycles. The summed E-state index contributed by atoms with van der Waals surface area (Å²) in [4.78, 5) is 19.7. The maximum Gasteiger partial charge on any atom is 0.412 e. The van der Waals surface area contributed by atoms with Crippen LogP contribution in [0.5, 0.6) is 5.75 Å². The number of benzene rings is 1. The van der Waals surface area contributed by atoms with E-state index in [0.717, 1.165) is 0 Å². The van der Waals surface area contributed by atoms with Gasteiger partial charge < -0.3 is 14.6 Å². The Labute approximate surface area is 208 Å². The SMILES string of the molecule is CC(C)CS(=O)(=O)N1CC[C@H]2Oc3ccc(-c4cccnc4F)cc3C3(COC(NC(=O)O)=N3)[C@@H]2C1. The number of pyridine rings is 1. The van der Waals surface area contributed by atoms with Gasteiger partial charge in [0, 0.05) is 36.3 Å². The lowest BCUT2D eigenvalue weighted by atomic mass is 9.71. The van der Waals surface area contributed by atoms with Crippen molar-refractivity contribution in [1.29, 1.82) is 0 Å². The molecule has 1 amide bonds. The quantitative estimate of drug-likeness (QED) is 0.595. The van der Waals surface area contributed by atoms with Crippen LogP contribution in [-0.4, -0.2) is 66.5 Å². The Balaban J connectivity index is 1.61. The monoisotopic (exact) mass is 518 g/mol. The smallest absolute Gasteiger partial charge is 0.412 e. The number of rotatable bonds is 4.